The minimum Gasteiger partial charge on any atom is -0.322 e. The van der Waals surface area contributed by atoms with Gasteiger partial charge in [-0.05, 0) is 59.7 Å². The Morgan fingerprint density at radius 1 is 1.04 bits per heavy atom. The van der Waals surface area contributed by atoms with Crippen molar-refractivity contribution < 1.29 is 9.59 Å². The van der Waals surface area contributed by atoms with Crippen LogP contribution in [-0.4, -0.2) is 18.4 Å². The highest BCUT2D eigenvalue weighted by atomic mass is 16.2. The maximum atomic E-state index is 12.7. The van der Waals surface area contributed by atoms with E-state index in [9.17, 15) is 9.59 Å². The van der Waals surface area contributed by atoms with Crippen LogP contribution in [0.2, 0.25) is 0 Å². The molecule has 2 heterocycles. The standard InChI is InChI=1S/C21H22N2O2/c1-13(2)14-3-6-18(7-4-14)22-21(25)17-11-15-5-8-19(24)23-10-9-16(12-17)20(15)23/h3-4,6-7,11-13H,5,8-10H2,1-2H3,(H,22,25). The number of hydrogen-bond donors (Lipinski definition) is 1. The van der Waals surface area contributed by atoms with Crippen molar-refractivity contribution in [2.24, 2.45) is 0 Å². The molecule has 0 aromatic heterocycles. The summed E-state index contributed by atoms with van der Waals surface area (Å²) in [6, 6.07) is 11.9. The summed E-state index contributed by atoms with van der Waals surface area (Å²) in [6.45, 7) is 5.04. The van der Waals surface area contributed by atoms with Gasteiger partial charge in [-0.2, -0.15) is 0 Å². The first-order valence-electron chi connectivity index (χ1n) is 8.90. The van der Waals surface area contributed by atoms with E-state index in [0.717, 1.165) is 41.9 Å². The van der Waals surface area contributed by atoms with Gasteiger partial charge in [0.15, 0.2) is 0 Å². The van der Waals surface area contributed by atoms with Gasteiger partial charge in [0.05, 0.1) is 5.69 Å². The third kappa shape index (κ3) is 2.82. The Hall–Kier alpha value is -2.62. The maximum absolute atomic E-state index is 12.7. The molecule has 0 bridgehead atoms. The molecule has 0 aliphatic carbocycles. The molecule has 2 amide bonds. The zero-order valence-electron chi connectivity index (χ0n) is 14.6. The van der Waals surface area contributed by atoms with Crippen LogP contribution in [0.4, 0.5) is 11.4 Å². The summed E-state index contributed by atoms with van der Waals surface area (Å²) >= 11 is 0. The minimum absolute atomic E-state index is 0.0910. The van der Waals surface area contributed by atoms with Crippen molar-refractivity contribution in [3.05, 3.63) is 58.7 Å². The van der Waals surface area contributed by atoms with Gasteiger partial charge in [-0.25, -0.2) is 0 Å². The molecule has 2 aliphatic heterocycles. The van der Waals surface area contributed by atoms with Crippen molar-refractivity contribution in [1.82, 2.24) is 0 Å². The van der Waals surface area contributed by atoms with Gasteiger partial charge in [0.2, 0.25) is 5.91 Å². The number of rotatable bonds is 3. The van der Waals surface area contributed by atoms with Gasteiger partial charge in [-0.3, -0.25) is 9.59 Å². The molecule has 128 valence electrons. The number of anilines is 2. The summed E-state index contributed by atoms with van der Waals surface area (Å²) < 4.78 is 0. The number of nitrogens with zero attached hydrogens (tertiary/aromatic N) is 1. The van der Waals surface area contributed by atoms with E-state index in [1.165, 1.54) is 5.56 Å². The second-order valence-electron chi connectivity index (χ2n) is 7.17. The van der Waals surface area contributed by atoms with Gasteiger partial charge in [-0.15, -0.1) is 0 Å². The molecule has 0 atom stereocenters. The molecule has 25 heavy (non-hydrogen) atoms. The molecule has 0 spiro atoms. The first-order chi connectivity index (χ1) is 12.0. The lowest BCUT2D eigenvalue weighted by atomic mass is 9.96. The third-order valence-corrected chi connectivity index (χ3v) is 5.15. The van der Waals surface area contributed by atoms with Crippen molar-refractivity contribution in [2.75, 3.05) is 16.8 Å². The molecule has 4 heteroatoms. The second kappa shape index (κ2) is 6.03. The van der Waals surface area contributed by atoms with E-state index in [-0.39, 0.29) is 11.8 Å². The third-order valence-electron chi connectivity index (χ3n) is 5.15. The molecule has 2 aromatic carbocycles. The fourth-order valence-electron chi connectivity index (χ4n) is 3.74. The van der Waals surface area contributed by atoms with Crippen molar-refractivity contribution in [3.8, 4) is 0 Å². The molecule has 0 unspecified atom stereocenters. The molecule has 1 N–H and O–H groups in total. The van der Waals surface area contributed by atoms with Crippen LogP contribution in [0.1, 0.15) is 53.2 Å². The van der Waals surface area contributed by atoms with Gasteiger partial charge in [0, 0.05) is 24.2 Å². The quantitative estimate of drug-likeness (QED) is 0.925. The molecular weight excluding hydrogens is 312 g/mol. The van der Waals surface area contributed by atoms with Crippen LogP contribution in [-0.2, 0) is 17.6 Å². The zero-order chi connectivity index (χ0) is 17.6. The Kier molecular flexibility index (Phi) is 3.83. The Morgan fingerprint density at radius 2 is 1.72 bits per heavy atom. The predicted octanol–water partition coefficient (Wildman–Crippen LogP) is 3.90. The Morgan fingerprint density at radius 3 is 2.40 bits per heavy atom. The lowest BCUT2D eigenvalue weighted by Gasteiger charge is -2.25. The average molecular weight is 334 g/mol. The highest BCUT2D eigenvalue weighted by Gasteiger charge is 2.31. The number of carbonyl (C=O) groups excluding carboxylic acids is 2. The zero-order valence-corrected chi connectivity index (χ0v) is 14.6. The van der Waals surface area contributed by atoms with E-state index in [1.807, 2.05) is 29.2 Å². The predicted molar refractivity (Wildman–Crippen MR) is 99.3 cm³/mol. The number of nitrogens with one attached hydrogen (secondary N) is 1. The fraction of sp³-hybridized carbons (Fsp3) is 0.333. The molecule has 4 rings (SSSR count). The van der Waals surface area contributed by atoms with E-state index in [0.29, 0.717) is 17.9 Å². The number of benzene rings is 2. The number of amides is 2. The topological polar surface area (TPSA) is 49.4 Å². The van der Waals surface area contributed by atoms with Crippen LogP contribution in [0.15, 0.2) is 36.4 Å². The van der Waals surface area contributed by atoms with Crippen LogP contribution in [0.5, 0.6) is 0 Å². The smallest absolute Gasteiger partial charge is 0.255 e. The lowest BCUT2D eigenvalue weighted by molar-refractivity contribution is -0.118. The summed E-state index contributed by atoms with van der Waals surface area (Å²) in [5.74, 6) is 0.584. The molecule has 0 fully saturated rings. The second-order valence-corrected chi connectivity index (χ2v) is 7.17. The van der Waals surface area contributed by atoms with Gasteiger partial charge in [0.25, 0.3) is 5.91 Å². The maximum Gasteiger partial charge on any atom is 0.255 e. The summed E-state index contributed by atoms with van der Waals surface area (Å²) in [7, 11) is 0. The molecular formula is C21H22N2O2. The normalized spacial score (nSPS) is 15.5. The van der Waals surface area contributed by atoms with E-state index in [1.54, 1.807) is 0 Å². The van der Waals surface area contributed by atoms with Crippen LogP contribution in [0, 0.1) is 0 Å². The van der Waals surface area contributed by atoms with Crippen LogP contribution in [0.25, 0.3) is 0 Å². The van der Waals surface area contributed by atoms with Crippen molar-refractivity contribution in [2.45, 2.75) is 39.0 Å². The molecule has 2 aromatic rings. The van der Waals surface area contributed by atoms with E-state index in [4.69, 9.17) is 0 Å². The molecule has 0 radical (unpaired) electrons. The minimum atomic E-state index is -0.0910. The van der Waals surface area contributed by atoms with Crippen molar-refractivity contribution in [3.63, 3.8) is 0 Å². The highest BCUT2D eigenvalue weighted by molar-refractivity contribution is 6.06. The Labute approximate surface area is 147 Å². The fourth-order valence-corrected chi connectivity index (χ4v) is 3.74. The van der Waals surface area contributed by atoms with E-state index < -0.39 is 0 Å². The molecule has 2 aliphatic rings. The van der Waals surface area contributed by atoms with Gasteiger partial charge < -0.3 is 10.2 Å². The average Bonchev–Trinajstić information content (AvgIpc) is 3.04. The summed E-state index contributed by atoms with van der Waals surface area (Å²) in [5.41, 5.74) is 6.03. The first kappa shape index (κ1) is 15.9. The summed E-state index contributed by atoms with van der Waals surface area (Å²) in [4.78, 5) is 26.6. The number of hydrogen-bond acceptors (Lipinski definition) is 2. The Balaban J connectivity index is 1.58. The van der Waals surface area contributed by atoms with Crippen LogP contribution in [0.3, 0.4) is 0 Å². The van der Waals surface area contributed by atoms with Crippen LogP contribution >= 0.6 is 0 Å². The molecule has 0 saturated carbocycles. The first-order valence-corrected chi connectivity index (χ1v) is 8.90. The van der Waals surface area contributed by atoms with Gasteiger partial charge in [0.1, 0.15) is 0 Å². The highest BCUT2D eigenvalue weighted by Crippen LogP contribution is 2.37. The van der Waals surface area contributed by atoms with E-state index >= 15 is 0 Å². The summed E-state index contributed by atoms with van der Waals surface area (Å²) in [5, 5.41) is 2.99. The monoisotopic (exact) mass is 334 g/mol. The number of carbonyl (C=O) groups is 2. The lowest BCUT2D eigenvalue weighted by Crippen LogP contribution is -2.33. The summed E-state index contributed by atoms with van der Waals surface area (Å²) in [6.07, 6.45) is 2.09. The molecule has 0 saturated heterocycles. The Bertz CT molecular complexity index is 853. The van der Waals surface area contributed by atoms with Gasteiger partial charge in [-0.1, -0.05) is 26.0 Å². The molecule has 4 nitrogen and oxygen atoms in total. The van der Waals surface area contributed by atoms with E-state index in [2.05, 4.69) is 31.3 Å². The van der Waals surface area contributed by atoms with Gasteiger partial charge >= 0.3 is 0 Å². The van der Waals surface area contributed by atoms with Crippen LogP contribution < -0.4 is 10.2 Å². The number of aryl methyl sites for hydroxylation is 1. The van der Waals surface area contributed by atoms with Crippen molar-refractivity contribution >= 4 is 23.2 Å². The van der Waals surface area contributed by atoms with Crippen molar-refractivity contribution in [1.29, 1.82) is 0 Å². The SMILES string of the molecule is CC(C)c1ccc(NC(=O)c2cc3c4c(c2)CCN4C(=O)CC3)cc1. The largest absolute Gasteiger partial charge is 0.322 e.